The Hall–Kier alpha value is -1.50. The Kier molecular flexibility index (Phi) is 18.8. The Balaban J connectivity index is 4.45. The van der Waals surface area contributed by atoms with Gasteiger partial charge in [-0.15, -0.1) is 0 Å². The first-order chi connectivity index (χ1) is 16.8. The van der Waals surface area contributed by atoms with Crippen molar-refractivity contribution >= 4 is 32.2 Å². The number of rotatable bonds is 24. The molecule has 0 saturated carbocycles. The highest BCUT2D eigenvalue weighted by molar-refractivity contribution is 7.86. The van der Waals surface area contributed by atoms with Crippen LogP contribution in [-0.2, 0) is 38.2 Å². The first-order valence-electron chi connectivity index (χ1n) is 12.6. The molecular weight excluding hydrogens is 512 g/mol. The van der Waals surface area contributed by atoms with Crippen LogP contribution >= 0.6 is 0 Å². The summed E-state index contributed by atoms with van der Waals surface area (Å²) < 4.78 is 53.1. The third-order valence-electron chi connectivity index (χ3n) is 5.57. The molecule has 0 aromatic heterocycles. The number of carboxylic acids is 2. The molecule has 0 atom stereocenters. The summed E-state index contributed by atoms with van der Waals surface area (Å²) in [6.45, 7) is 0.362. The van der Waals surface area contributed by atoms with Gasteiger partial charge in [0.25, 0.3) is 20.2 Å². The van der Waals surface area contributed by atoms with E-state index >= 15 is 0 Å². The first-order valence-corrected chi connectivity index (χ1v) is 16.3. The van der Waals surface area contributed by atoms with Gasteiger partial charge in [0.05, 0.1) is 38.6 Å². The molecule has 0 saturated heterocycles. The van der Waals surface area contributed by atoms with Crippen LogP contribution in [0.25, 0.3) is 0 Å². The number of hydrogen-bond donors (Lipinski definition) is 2. The van der Waals surface area contributed by atoms with Crippen LogP contribution < -0.4 is 0 Å². The molecule has 0 fully saturated rings. The van der Waals surface area contributed by atoms with Crippen LogP contribution in [0.1, 0.15) is 103 Å². The molecule has 10 nitrogen and oxygen atoms in total. The molecule has 0 aliphatic heterocycles. The lowest BCUT2D eigenvalue weighted by molar-refractivity contribution is -0.137. The fraction of sp³-hybridized carbons (Fsp3) is 0.833. The van der Waals surface area contributed by atoms with Crippen molar-refractivity contribution in [1.29, 1.82) is 0 Å². The third-order valence-corrected chi connectivity index (χ3v) is 6.76. The lowest BCUT2D eigenvalue weighted by atomic mass is 9.92. The molecule has 0 heterocycles. The second kappa shape index (κ2) is 19.6. The zero-order valence-corrected chi connectivity index (χ0v) is 23.3. The van der Waals surface area contributed by atoms with E-state index in [1.165, 1.54) is 0 Å². The molecule has 0 bridgehead atoms. The Labute approximate surface area is 216 Å². The predicted octanol–water partition coefficient (Wildman–Crippen LogP) is 4.65. The van der Waals surface area contributed by atoms with E-state index in [1.54, 1.807) is 0 Å². The average Bonchev–Trinajstić information content (AvgIpc) is 2.73. The second-order valence-corrected chi connectivity index (χ2v) is 12.4. The SMILES string of the molecule is CS(=O)(=O)OCCCCCCCCC(CC(=O)O)=C(CCCCCCCCOS(C)(=O)=O)CC(=O)O. The molecule has 0 radical (unpaired) electrons. The second-order valence-electron chi connectivity index (χ2n) is 9.14. The van der Waals surface area contributed by atoms with Crippen LogP contribution in [0.5, 0.6) is 0 Å². The van der Waals surface area contributed by atoms with Gasteiger partial charge in [-0.2, -0.15) is 16.8 Å². The van der Waals surface area contributed by atoms with Gasteiger partial charge in [0.15, 0.2) is 0 Å². The molecule has 0 amide bonds. The van der Waals surface area contributed by atoms with Crippen molar-refractivity contribution in [3.63, 3.8) is 0 Å². The van der Waals surface area contributed by atoms with Gasteiger partial charge < -0.3 is 10.2 Å². The van der Waals surface area contributed by atoms with Gasteiger partial charge >= 0.3 is 11.9 Å². The summed E-state index contributed by atoms with van der Waals surface area (Å²) in [5.74, 6) is -1.93. The number of unbranched alkanes of at least 4 members (excludes halogenated alkanes) is 10. The number of aliphatic carboxylic acids is 2. The summed E-state index contributed by atoms with van der Waals surface area (Å²) in [5, 5.41) is 18.7. The van der Waals surface area contributed by atoms with Crippen molar-refractivity contribution in [2.24, 2.45) is 0 Å². The molecule has 0 aromatic carbocycles. The highest BCUT2D eigenvalue weighted by Gasteiger charge is 2.14. The van der Waals surface area contributed by atoms with Crippen molar-refractivity contribution in [3.05, 3.63) is 11.1 Å². The molecule has 36 heavy (non-hydrogen) atoms. The molecule has 0 aliphatic carbocycles. The Morgan fingerprint density at radius 2 is 0.806 bits per heavy atom. The molecule has 12 heteroatoms. The maximum Gasteiger partial charge on any atom is 0.307 e. The van der Waals surface area contributed by atoms with Crippen LogP contribution in [-0.4, -0.2) is 64.7 Å². The summed E-state index contributed by atoms with van der Waals surface area (Å²) in [4.78, 5) is 22.8. The van der Waals surface area contributed by atoms with E-state index in [0.717, 1.165) is 76.7 Å². The fourth-order valence-corrected chi connectivity index (χ4v) is 4.70. The van der Waals surface area contributed by atoms with Gasteiger partial charge in [-0.1, -0.05) is 62.5 Å². The topological polar surface area (TPSA) is 161 Å². The zero-order chi connectivity index (χ0) is 27.5. The van der Waals surface area contributed by atoms with Crippen LogP contribution in [0, 0.1) is 0 Å². The van der Waals surface area contributed by atoms with Gasteiger partial charge in [0.2, 0.25) is 0 Å². The van der Waals surface area contributed by atoms with Crippen LogP contribution in [0.15, 0.2) is 11.1 Å². The Morgan fingerprint density at radius 1 is 0.528 bits per heavy atom. The Bertz CT molecular complexity index is 805. The van der Waals surface area contributed by atoms with Crippen molar-refractivity contribution in [1.82, 2.24) is 0 Å². The third kappa shape index (κ3) is 24.2. The van der Waals surface area contributed by atoms with Crippen LogP contribution in [0.4, 0.5) is 0 Å². The van der Waals surface area contributed by atoms with Crippen molar-refractivity contribution in [3.8, 4) is 0 Å². The van der Waals surface area contributed by atoms with Gasteiger partial charge in [0, 0.05) is 0 Å². The van der Waals surface area contributed by atoms with E-state index in [9.17, 15) is 36.6 Å². The number of carbonyl (C=O) groups is 2. The first kappa shape index (κ1) is 34.5. The summed E-state index contributed by atoms with van der Waals surface area (Å²) in [6, 6.07) is 0. The smallest absolute Gasteiger partial charge is 0.307 e. The average molecular weight is 557 g/mol. The lowest BCUT2D eigenvalue weighted by Gasteiger charge is -2.14. The summed E-state index contributed by atoms with van der Waals surface area (Å²) >= 11 is 0. The van der Waals surface area contributed by atoms with E-state index in [0.29, 0.717) is 36.8 Å². The molecule has 0 unspecified atom stereocenters. The minimum atomic E-state index is -3.40. The van der Waals surface area contributed by atoms with Crippen molar-refractivity contribution in [2.75, 3.05) is 25.7 Å². The summed E-state index contributed by atoms with van der Waals surface area (Å²) in [6.07, 6.45) is 12.9. The maximum atomic E-state index is 11.4. The van der Waals surface area contributed by atoms with Gasteiger partial charge in [-0.3, -0.25) is 18.0 Å². The standard InChI is InChI=1S/C24H44O10S2/c1-35(29,30)33-17-13-9-5-3-7-11-15-21(19-23(25)26)22(20-24(27)28)16-12-8-4-6-10-14-18-34-36(2,31)32/h3-20H2,1-2H3,(H,25,26)(H,27,28). The minimum Gasteiger partial charge on any atom is -0.481 e. The fourth-order valence-electron chi connectivity index (χ4n) is 3.86. The Morgan fingerprint density at radius 3 is 1.08 bits per heavy atom. The molecular formula is C24H44O10S2. The maximum absolute atomic E-state index is 11.4. The van der Waals surface area contributed by atoms with Crippen LogP contribution in [0.3, 0.4) is 0 Å². The van der Waals surface area contributed by atoms with E-state index in [1.807, 2.05) is 0 Å². The largest absolute Gasteiger partial charge is 0.481 e. The summed E-state index contributed by atoms with van der Waals surface area (Å²) in [7, 11) is -6.80. The number of hydrogen-bond acceptors (Lipinski definition) is 8. The van der Waals surface area contributed by atoms with E-state index in [2.05, 4.69) is 0 Å². The molecule has 0 aliphatic rings. The van der Waals surface area contributed by atoms with E-state index < -0.39 is 32.2 Å². The van der Waals surface area contributed by atoms with Crippen molar-refractivity contribution in [2.45, 2.75) is 103 Å². The number of carboxylic acid groups (broad SMARTS) is 2. The monoisotopic (exact) mass is 556 g/mol. The summed E-state index contributed by atoms with van der Waals surface area (Å²) in [5.41, 5.74) is 1.42. The predicted molar refractivity (Wildman–Crippen MR) is 138 cm³/mol. The molecule has 0 aromatic rings. The normalized spacial score (nSPS) is 12.9. The van der Waals surface area contributed by atoms with Crippen LogP contribution in [0.2, 0.25) is 0 Å². The molecule has 212 valence electrons. The minimum absolute atomic E-state index is 0.147. The van der Waals surface area contributed by atoms with E-state index in [4.69, 9.17) is 8.37 Å². The quantitative estimate of drug-likeness (QED) is 0.0972. The highest BCUT2D eigenvalue weighted by atomic mass is 32.2. The highest BCUT2D eigenvalue weighted by Crippen LogP contribution is 2.25. The van der Waals surface area contributed by atoms with Crippen molar-refractivity contribution < 1.29 is 45.0 Å². The molecule has 2 N–H and O–H groups in total. The zero-order valence-electron chi connectivity index (χ0n) is 21.7. The van der Waals surface area contributed by atoms with Gasteiger partial charge in [-0.25, -0.2) is 0 Å². The van der Waals surface area contributed by atoms with Gasteiger partial charge in [0.1, 0.15) is 0 Å². The van der Waals surface area contributed by atoms with Gasteiger partial charge in [-0.05, 0) is 38.5 Å². The molecule has 0 spiro atoms. The molecule has 0 rings (SSSR count). The van der Waals surface area contributed by atoms with E-state index in [-0.39, 0.29) is 26.1 Å². The lowest BCUT2D eigenvalue weighted by Crippen LogP contribution is -2.06.